The van der Waals surface area contributed by atoms with Crippen molar-refractivity contribution in [3.8, 4) is 0 Å². The van der Waals surface area contributed by atoms with E-state index in [-0.39, 0.29) is 12.4 Å². The van der Waals surface area contributed by atoms with Crippen LogP contribution >= 0.6 is 12.4 Å². The van der Waals surface area contributed by atoms with Gasteiger partial charge < -0.3 is 5.73 Å². The Morgan fingerprint density at radius 2 is 1.72 bits per heavy atom. The maximum Gasteiger partial charge on any atom is 0.214 e. The van der Waals surface area contributed by atoms with Crippen LogP contribution in [-0.4, -0.2) is 38.1 Å². The first-order valence-corrected chi connectivity index (χ1v) is 8.40. The first-order valence-electron chi connectivity index (χ1n) is 6.79. The van der Waals surface area contributed by atoms with E-state index in [4.69, 9.17) is 5.73 Å². The topological polar surface area (TPSA) is 63.4 Å². The molecule has 1 atom stereocenters. The molecule has 108 valence electrons. The van der Waals surface area contributed by atoms with Gasteiger partial charge in [-0.3, -0.25) is 0 Å². The fourth-order valence-electron chi connectivity index (χ4n) is 3.00. The van der Waals surface area contributed by atoms with Crippen LogP contribution in [0.1, 0.15) is 38.5 Å². The first kappa shape index (κ1) is 16.2. The van der Waals surface area contributed by atoms with Gasteiger partial charge in [-0.2, -0.15) is 0 Å². The standard InChI is InChI=1S/C12H24N2O2S.ClH/c13-8-12-6-7-14(9-12)17(15,16)10-11-4-2-1-3-5-11;/h11-12H,1-10,13H2;1H. The van der Waals surface area contributed by atoms with E-state index >= 15 is 0 Å². The number of nitrogens with two attached hydrogens (primary N) is 1. The van der Waals surface area contributed by atoms with Crippen molar-refractivity contribution in [2.45, 2.75) is 38.5 Å². The largest absolute Gasteiger partial charge is 0.330 e. The van der Waals surface area contributed by atoms with Crippen LogP contribution in [0.2, 0.25) is 0 Å². The van der Waals surface area contributed by atoms with Crippen LogP contribution in [0.25, 0.3) is 0 Å². The molecule has 2 N–H and O–H groups in total. The highest BCUT2D eigenvalue weighted by Crippen LogP contribution is 2.27. The average Bonchev–Trinajstić information content (AvgIpc) is 2.79. The van der Waals surface area contributed by atoms with Gasteiger partial charge in [-0.15, -0.1) is 12.4 Å². The maximum atomic E-state index is 12.2. The second kappa shape index (κ2) is 7.08. The molecule has 2 fully saturated rings. The third-order valence-corrected chi connectivity index (χ3v) is 6.16. The second-order valence-corrected chi connectivity index (χ2v) is 7.54. The summed E-state index contributed by atoms with van der Waals surface area (Å²) in [4.78, 5) is 0. The lowest BCUT2D eigenvalue weighted by atomic mass is 9.91. The summed E-state index contributed by atoms with van der Waals surface area (Å²) >= 11 is 0. The molecule has 18 heavy (non-hydrogen) atoms. The minimum Gasteiger partial charge on any atom is -0.330 e. The summed E-state index contributed by atoms with van der Waals surface area (Å²) < 4.78 is 26.2. The van der Waals surface area contributed by atoms with E-state index in [1.54, 1.807) is 4.31 Å². The molecule has 1 saturated carbocycles. The monoisotopic (exact) mass is 296 g/mol. The minimum absolute atomic E-state index is 0. The summed E-state index contributed by atoms with van der Waals surface area (Å²) in [6.45, 7) is 1.93. The molecule has 6 heteroatoms. The van der Waals surface area contributed by atoms with Crippen molar-refractivity contribution in [1.82, 2.24) is 4.31 Å². The van der Waals surface area contributed by atoms with Crippen molar-refractivity contribution < 1.29 is 8.42 Å². The number of halogens is 1. The molecule has 0 amide bonds. The van der Waals surface area contributed by atoms with Crippen LogP contribution in [0, 0.1) is 11.8 Å². The summed E-state index contributed by atoms with van der Waals surface area (Å²) in [5.74, 6) is 1.13. The van der Waals surface area contributed by atoms with Gasteiger partial charge in [0, 0.05) is 13.1 Å². The number of hydrogen-bond acceptors (Lipinski definition) is 3. The Bertz CT molecular complexity index is 342. The van der Waals surface area contributed by atoms with E-state index < -0.39 is 10.0 Å². The summed E-state index contributed by atoms with van der Waals surface area (Å²) in [5.41, 5.74) is 5.60. The van der Waals surface area contributed by atoms with Crippen molar-refractivity contribution in [2.24, 2.45) is 17.6 Å². The highest BCUT2D eigenvalue weighted by atomic mass is 35.5. The minimum atomic E-state index is -3.02. The molecule has 2 aliphatic rings. The average molecular weight is 297 g/mol. The lowest BCUT2D eigenvalue weighted by molar-refractivity contribution is 0.374. The predicted octanol–water partition coefficient (Wildman–Crippen LogP) is 1.60. The highest BCUT2D eigenvalue weighted by molar-refractivity contribution is 7.89. The molecule has 1 unspecified atom stereocenters. The van der Waals surface area contributed by atoms with Crippen LogP contribution in [0.15, 0.2) is 0 Å². The summed E-state index contributed by atoms with van der Waals surface area (Å²) in [6, 6.07) is 0. The lowest BCUT2D eigenvalue weighted by Gasteiger charge is -2.24. The Labute approximate surface area is 117 Å². The van der Waals surface area contributed by atoms with Gasteiger partial charge in [0.05, 0.1) is 5.75 Å². The van der Waals surface area contributed by atoms with Crippen LogP contribution in [-0.2, 0) is 10.0 Å². The highest BCUT2D eigenvalue weighted by Gasteiger charge is 2.32. The summed E-state index contributed by atoms with van der Waals surface area (Å²) in [5, 5.41) is 0. The molecule has 0 radical (unpaired) electrons. The molecule has 0 spiro atoms. The fourth-order valence-corrected chi connectivity index (χ4v) is 4.96. The van der Waals surface area contributed by atoms with Gasteiger partial charge in [0.15, 0.2) is 0 Å². The van der Waals surface area contributed by atoms with E-state index in [0.29, 0.717) is 37.2 Å². The molecule has 0 bridgehead atoms. The van der Waals surface area contributed by atoms with E-state index in [0.717, 1.165) is 19.3 Å². The summed E-state index contributed by atoms with van der Waals surface area (Å²) in [7, 11) is -3.02. The van der Waals surface area contributed by atoms with Crippen LogP contribution in [0.5, 0.6) is 0 Å². The Morgan fingerprint density at radius 3 is 2.28 bits per heavy atom. The van der Waals surface area contributed by atoms with E-state index in [9.17, 15) is 8.42 Å². The number of sulfonamides is 1. The molecule has 1 heterocycles. The van der Waals surface area contributed by atoms with E-state index in [2.05, 4.69) is 0 Å². The zero-order chi connectivity index (χ0) is 12.3. The molecule has 1 saturated heterocycles. The van der Waals surface area contributed by atoms with E-state index in [1.807, 2.05) is 0 Å². The molecule has 1 aliphatic heterocycles. The third-order valence-electron chi connectivity index (χ3n) is 4.15. The van der Waals surface area contributed by atoms with Crippen molar-refractivity contribution >= 4 is 22.4 Å². The van der Waals surface area contributed by atoms with Crippen LogP contribution in [0.3, 0.4) is 0 Å². The number of hydrogen-bond donors (Lipinski definition) is 1. The first-order chi connectivity index (χ1) is 8.12. The zero-order valence-corrected chi connectivity index (χ0v) is 12.5. The Kier molecular flexibility index (Phi) is 6.38. The van der Waals surface area contributed by atoms with Crippen LogP contribution < -0.4 is 5.73 Å². The quantitative estimate of drug-likeness (QED) is 0.857. The predicted molar refractivity (Wildman–Crippen MR) is 76.3 cm³/mol. The van der Waals surface area contributed by atoms with Crippen molar-refractivity contribution in [2.75, 3.05) is 25.4 Å². The Balaban J connectivity index is 0.00000162. The number of rotatable bonds is 4. The van der Waals surface area contributed by atoms with Gasteiger partial charge in [0.25, 0.3) is 0 Å². The molecule has 1 aliphatic carbocycles. The van der Waals surface area contributed by atoms with Crippen LogP contribution in [0.4, 0.5) is 0 Å². The molecule has 2 rings (SSSR count). The molecular formula is C12H25ClN2O2S. The fraction of sp³-hybridized carbons (Fsp3) is 1.00. The Morgan fingerprint density at radius 1 is 1.06 bits per heavy atom. The van der Waals surface area contributed by atoms with Gasteiger partial charge in [-0.1, -0.05) is 19.3 Å². The lowest BCUT2D eigenvalue weighted by Crippen LogP contribution is -2.34. The normalized spacial score (nSPS) is 27.1. The third kappa shape index (κ3) is 4.08. The molecule has 0 aromatic carbocycles. The van der Waals surface area contributed by atoms with Gasteiger partial charge in [-0.25, -0.2) is 12.7 Å². The smallest absolute Gasteiger partial charge is 0.214 e. The number of nitrogens with zero attached hydrogens (tertiary/aromatic N) is 1. The maximum absolute atomic E-state index is 12.2. The van der Waals surface area contributed by atoms with E-state index in [1.165, 1.54) is 19.3 Å². The van der Waals surface area contributed by atoms with Crippen molar-refractivity contribution in [3.63, 3.8) is 0 Å². The van der Waals surface area contributed by atoms with Gasteiger partial charge in [0.1, 0.15) is 0 Å². The zero-order valence-electron chi connectivity index (χ0n) is 10.9. The van der Waals surface area contributed by atoms with Gasteiger partial charge >= 0.3 is 0 Å². The Hall–Kier alpha value is 0.160. The van der Waals surface area contributed by atoms with Crippen molar-refractivity contribution in [1.29, 1.82) is 0 Å². The molecule has 0 aromatic rings. The molecule has 0 aromatic heterocycles. The molecular weight excluding hydrogens is 272 g/mol. The summed E-state index contributed by atoms with van der Waals surface area (Å²) in [6.07, 6.45) is 6.79. The van der Waals surface area contributed by atoms with Crippen molar-refractivity contribution in [3.05, 3.63) is 0 Å². The van der Waals surface area contributed by atoms with Gasteiger partial charge in [0.2, 0.25) is 10.0 Å². The molecule has 4 nitrogen and oxygen atoms in total. The second-order valence-electron chi connectivity index (χ2n) is 5.53. The SMILES string of the molecule is Cl.NCC1CCN(S(=O)(=O)CC2CCCCC2)C1. The van der Waals surface area contributed by atoms with Gasteiger partial charge in [-0.05, 0) is 37.6 Å².